The Hall–Kier alpha value is -2.60. The van der Waals surface area contributed by atoms with Gasteiger partial charge in [-0.05, 0) is 117 Å². The van der Waals surface area contributed by atoms with Crippen LogP contribution in [0.5, 0.6) is 0 Å². The number of aromatic amines is 1. The van der Waals surface area contributed by atoms with Gasteiger partial charge in [0, 0.05) is 12.2 Å². The molecule has 1 aromatic carbocycles. The highest BCUT2D eigenvalue weighted by Crippen LogP contribution is 2.64. The fourth-order valence-electron chi connectivity index (χ4n) is 10.9. The summed E-state index contributed by atoms with van der Waals surface area (Å²) < 4.78 is 13.0. The fourth-order valence-corrected chi connectivity index (χ4v) is 10.9. The molecule has 42 heavy (non-hydrogen) atoms. The molecule has 0 radical (unpaired) electrons. The zero-order valence-corrected chi connectivity index (χ0v) is 25.6. The summed E-state index contributed by atoms with van der Waals surface area (Å²) >= 11 is 0. The molecule has 3 heterocycles. The number of nitrogens with zero attached hydrogens (tertiary/aromatic N) is 2. The number of amides is 1. The zero-order valence-electron chi connectivity index (χ0n) is 25.6. The minimum absolute atomic E-state index is 0.113. The number of fused-ring (bicyclic) bond motifs is 7. The van der Waals surface area contributed by atoms with Gasteiger partial charge >= 0.3 is 6.09 Å². The first-order valence-corrected chi connectivity index (χ1v) is 16.7. The number of piperidine rings is 1. The fraction of sp³-hybridized carbons (Fsp3) is 0.667. The number of benzene rings is 1. The summed E-state index contributed by atoms with van der Waals surface area (Å²) in [6.45, 7) is 8.37. The Labute approximate surface area is 250 Å². The molecule has 2 aliphatic heterocycles. The summed E-state index contributed by atoms with van der Waals surface area (Å²) in [6, 6.07) is 10.1. The molecule has 6 nitrogen and oxygen atoms in total. The Kier molecular flexibility index (Phi) is 6.41. The molecule has 2 saturated heterocycles. The molecular formula is C36H47N3O3. The minimum Gasteiger partial charge on any atom is -0.445 e. The van der Waals surface area contributed by atoms with Crippen molar-refractivity contribution in [1.82, 2.24) is 15.1 Å². The molecular weight excluding hydrogens is 522 g/mol. The van der Waals surface area contributed by atoms with E-state index in [1.165, 1.54) is 49.8 Å². The highest BCUT2D eigenvalue weighted by atomic mass is 16.6. The molecule has 2 aromatic rings. The largest absolute Gasteiger partial charge is 0.445 e. The molecule has 1 spiro atoms. The Balaban J connectivity index is 1.01. The smallest absolute Gasteiger partial charge is 0.410 e. The van der Waals surface area contributed by atoms with E-state index in [1.807, 2.05) is 35.2 Å². The molecule has 6 aliphatic rings. The van der Waals surface area contributed by atoms with Crippen molar-refractivity contribution in [2.45, 2.75) is 109 Å². The molecule has 8 rings (SSSR count). The Morgan fingerprint density at radius 2 is 2.02 bits per heavy atom. The Bertz CT molecular complexity index is 1380. The highest BCUT2D eigenvalue weighted by molar-refractivity contribution is 5.68. The number of nitrogens with one attached hydrogen (secondary N) is 1. The third-order valence-electron chi connectivity index (χ3n) is 12.8. The zero-order chi connectivity index (χ0) is 28.6. The first kappa shape index (κ1) is 27.0. The highest BCUT2D eigenvalue weighted by Gasteiger charge is 2.58. The van der Waals surface area contributed by atoms with Gasteiger partial charge in [-0.2, -0.15) is 5.10 Å². The Morgan fingerprint density at radius 3 is 2.88 bits per heavy atom. The van der Waals surface area contributed by atoms with Gasteiger partial charge in [-0.3, -0.25) is 5.10 Å². The lowest BCUT2D eigenvalue weighted by atomic mass is 9.52. The van der Waals surface area contributed by atoms with Crippen molar-refractivity contribution in [1.29, 1.82) is 0 Å². The number of hydrogen-bond acceptors (Lipinski definition) is 4. The maximum atomic E-state index is 13.4. The SMILES string of the molecule is CC1=C2CC3C(CCC4Cc5[nH]ncc5C[C@@]43C)C2CC[C@]2(C1)C[C@H]1C(CC(C)CN1C(=O)OCc1ccccc1)O2. The maximum Gasteiger partial charge on any atom is 0.410 e. The topological polar surface area (TPSA) is 67.5 Å². The lowest BCUT2D eigenvalue weighted by Crippen LogP contribution is -2.51. The van der Waals surface area contributed by atoms with Gasteiger partial charge in [-0.25, -0.2) is 4.79 Å². The van der Waals surface area contributed by atoms with Crippen molar-refractivity contribution in [2.75, 3.05) is 6.54 Å². The van der Waals surface area contributed by atoms with E-state index in [1.54, 1.807) is 11.1 Å². The second-order valence-electron chi connectivity index (χ2n) is 15.3. The lowest BCUT2D eigenvalue weighted by Gasteiger charge is -2.52. The van der Waals surface area contributed by atoms with E-state index in [0.717, 1.165) is 55.5 Å². The van der Waals surface area contributed by atoms with Gasteiger partial charge in [0.25, 0.3) is 0 Å². The van der Waals surface area contributed by atoms with E-state index >= 15 is 0 Å². The second-order valence-corrected chi connectivity index (χ2v) is 15.3. The predicted octanol–water partition coefficient (Wildman–Crippen LogP) is 7.25. The van der Waals surface area contributed by atoms with Crippen LogP contribution in [0.2, 0.25) is 0 Å². The number of hydrogen-bond donors (Lipinski definition) is 1. The first-order chi connectivity index (χ1) is 20.3. The van der Waals surface area contributed by atoms with Crippen LogP contribution >= 0.6 is 0 Å². The summed E-state index contributed by atoms with van der Waals surface area (Å²) in [5.41, 5.74) is 7.49. The van der Waals surface area contributed by atoms with Crippen molar-refractivity contribution in [3.8, 4) is 0 Å². The van der Waals surface area contributed by atoms with Crippen LogP contribution in [0.3, 0.4) is 0 Å². The van der Waals surface area contributed by atoms with Crippen LogP contribution in [0.4, 0.5) is 4.79 Å². The number of rotatable bonds is 2. The van der Waals surface area contributed by atoms with Crippen LogP contribution in [0.1, 0.15) is 89.0 Å². The van der Waals surface area contributed by atoms with Crippen molar-refractivity contribution in [2.24, 2.45) is 35.0 Å². The molecule has 1 amide bonds. The molecule has 2 saturated carbocycles. The van der Waals surface area contributed by atoms with Crippen molar-refractivity contribution in [3.63, 3.8) is 0 Å². The maximum absolute atomic E-state index is 13.4. The molecule has 1 N–H and O–H groups in total. The van der Waals surface area contributed by atoms with Crippen LogP contribution in [-0.2, 0) is 28.9 Å². The van der Waals surface area contributed by atoms with E-state index in [4.69, 9.17) is 9.47 Å². The van der Waals surface area contributed by atoms with Crippen LogP contribution in [0.25, 0.3) is 0 Å². The minimum atomic E-state index is -0.178. The van der Waals surface area contributed by atoms with E-state index in [0.29, 0.717) is 23.9 Å². The number of aromatic nitrogens is 2. The van der Waals surface area contributed by atoms with Gasteiger partial charge in [0.05, 0.1) is 23.9 Å². The number of allylic oxidation sites excluding steroid dienone is 1. The van der Waals surface area contributed by atoms with E-state index < -0.39 is 0 Å². The molecule has 6 unspecified atom stereocenters. The van der Waals surface area contributed by atoms with E-state index in [-0.39, 0.29) is 23.8 Å². The van der Waals surface area contributed by atoms with Crippen molar-refractivity contribution in [3.05, 3.63) is 64.5 Å². The standard InChI is InChI=1S/C36H47N3O3/c1-22-13-33-32(39(20-22)34(40)41-21-24-7-5-4-6-8-24)18-36(42-33)12-11-27-28-10-9-26-14-31-25(19-37-38-31)17-35(26,3)30(28)15-29(27)23(2)16-36/h4-8,19,22,26-28,30,32-33H,9-18,20-21H2,1-3H3,(H,37,38)/t22?,26?,27?,28?,30?,32-,33?,35-,36-/m0/s1. The Morgan fingerprint density at radius 1 is 1.17 bits per heavy atom. The third-order valence-corrected chi connectivity index (χ3v) is 12.8. The van der Waals surface area contributed by atoms with Crippen LogP contribution in [0, 0.1) is 35.0 Å². The number of carbonyl (C=O) groups is 1. The summed E-state index contributed by atoms with van der Waals surface area (Å²) in [4.78, 5) is 15.4. The molecule has 0 bridgehead atoms. The average Bonchev–Trinajstić information content (AvgIpc) is 3.66. The van der Waals surface area contributed by atoms with Gasteiger partial charge in [0.15, 0.2) is 0 Å². The second kappa shape index (κ2) is 9.97. The number of H-pyrrole nitrogens is 1. The predicted molar refractivity (Wildman–Crippen MR) is 162 cm³/mol. The summed E-state index contributed by atoms with van der Waals surface area (Å²) in [5.74, 6) is 3.48. The summed E-state index contributed by atoms with van der Waals surface area (Å²) in [7, 11) is 0. The number of ether oxygens (including phenoxy) is 2. The molecule has 1 aromatic heterocycles. The van der Waals surface area contributed by atoms with Crippen LogP contribution < -0.4 is 0 Å². The van der Waals surface area contributed by atoms with Gasteiger partial charge in [-0.1, -0.05) is 55.3 Å². The average molecular weight is 570 g/mol. The van der Waals surface area contributed by atoms with Gasteiger partial charge in [0.2, 0.25) is 0 Å². The summed E-state index contributed by atoms with van der Waals surface area (Å²) in [6.07, 6.45) is 13.8. The van der Waals surface area contributed by atoms with Gasteiger partial charge in [0.1, 0.15) is 6.61 Å². The molecule has 4 aliphatic carbocycles. The van der Waals surface area contributed by atoms with Crippen molar-refractivity contribution < 1.29 is 14.3 Å². The molecule has 4 fully saturated rings. The van der Waals surface area contributed by atoms with Gasteiger partial charge in [-0.15, -0.1) is 0 Å². The first-order valence-electron chi connectivity index (χ1n) is 16.7. The molecule has 9 atom stereocenters. The third kappa shape index (κ3) is 4.30. The normalized spacial score (nSPS) is 40.5. The molecule has 6 heteroatoms. The number of carbonyl (C=O) groups excluding carboxylic acids is 1. The van der Waals surface area contributed by atoms with Crippen molar-refractivity contribution >= 4 is 6.09 Å². The van der Waals surface area contributed by atoms with Gasteiger partial charge < -0.3 is 14.4 Å². The van der Waals surface area contributed by atoms with Crippen LogP contribution in [-0.4, -0.2) is 45.5 Å². The van der Waals surface area contributed by atoms with E-state index in [9.17, 15) is 4.79 Å². The number of likely N-dealkylation sites (tertiary alicyclic amines) is 1. The van der Waals surface area contributed by atoms with E-state index in [2.05, 4.69) is 37.2 Å². The molecule has 224 valence electrons. The quantitative estimate of drug-likeness (QED) is 0.387. The lowest BCUT2D eigenvalue weighted by molar-refractivity contribution is -0.0733. The summed E-state index contributed by atoms with van der Waals surface area (Å²) in [5, 5.41) is 7.71. The monoisotopic (exact) mass is 569 g/mol. The van der Waals surface area contributed by atoms with Crippen LogP contribution in [0.15, 0.2) is 47.7 Å².